The third-order valence-corrected chi connectivity index (χ3v) is 6.39. The number of hydrogen-bond donors (Lipinski definition) is 0. The number of esters is 1. The molecule has 0 atom stereocenters. The van der Waals surface area contributed by atoms with Gasteiger partial charge in [-0.2, -0.15) is 4.99 Å². The molecule has 0 aliphatic rings. The molecule has 5 aromatic rings. The number of amides is 1. The van der Waals surface area contributed by atoms with Crippen LogP contribution in [0.1, 0.15) is 33.2 Å². The van der Waals surface area contributed by atoms with Gasteiger partial charge in [0.2, 0.25) is 0 Å². The molecule has 5 rings (SSSR count). The van der Waals surface area contributed by atoms with Gasteiger partial charge in [-0.1, -0.05) is 48.0 Å². The van der Waals surface area contributed by atoms with Crippen LogP contribution in [0.5, 0.6) is 0 Å². The summed E-state index contributed by atoms with van der Waals surface area (Å²) in [5.41, 5.74) is 0.0172. The fourth-order valence-corrected chi connectivity index (χ4v) is 4.41. The van der Waals surface area contributed by atoms with Crippen LogP contribution in [-0.4, -0.2) is 37.4 Å². The van der Waals surface area contributed by atoms with Crippen LogP contribution in [0.15, 0.2) is 88.8 Å². The van der Waals surface area contributed by atoms with Gasteiger partial charge in [0.1, 0.15) is 21.9 Å². The Hall–Kier alpha value is -5.16. The number of rotatable bonds is 6. The van der Waals surface area contributed by atoms with E-state index < -0.39 is 28.0 Å². The summed E-state index contributed by atoms with van der Waals surface area (Å²) in [7, 11) is 0. The molecule has 12 heteroatoms. The molecule has 3 heterocycles. The molecular formula is C28H20ClN5O6. The maximum absolute atomic E-state index is 13.5. The molecule has 0 spiro atoms. The minimum Gasteiger partial charge on any atom is -0.462 e. The predicted molar refractivity (Wildman–Crippen MR) is 146 cm³/mol. The fraction of sp³-hybridized carbons (Fsp3) is 0.107. The normalized spacial score (nSPS) is 11.6. The summed E-state index contributed by atoms with van der Waals surface area (Å²) in [6.07, 6.45) is 1.56. The first kappa shape index (κ1) is 26.4. The van der Waals surface area contributed by atoms with Gasteiger partial charge in [-0.15, -0.1) is 0 Å². The second kappa shape index (κ2) is 10.9. The van der Waals surface area contributed by atoms with Crippen molar-refractivity contribution in [3.05, 3.63) is 127 Å². The van der Waals surface area contributed by atoms with Gasteiger partial charge in [0.05, 0.1) is 23.5 Å². The van der Waals surface area contributed by atoms with Gasteiger partial charge in [-0.25, -0.2) is 9.78 Å². The van der Waals surface area contributed by atoms with Crippen molar-refractivity contribution >= 4 is 45.8 Å². The Kier molecular flexibility index (Phi) is 7.21. The highest BCUT2D eigenvalue weighted by Gasteiger charge is 2.22. The molecule has 0 unspecified atom stereocenters. The Balaban J connectivity index is 1.88. The third kappa shape index (κ3) is 4.97. The van der Waals surface area contributed by atoms with Crippen LogP contribution in [0.4, 0.5) is 5.69 Å². The van der Waals surface area contributed by atoms with Gasteiger partial charge in [0.25, 0.3) is 17.2 Å². The molecule has 0 aliphatic carbocycles. The molecule has 1 amide bonds. The predicted octanol–water partition coefficient (Wildman–Crippen LogP) is 4.18. The smallest absolute Gasteiger partial charge is 0.341 e. The Bertz CT molecular complexity index is 1950. The number of nitrogens with zero attached hydrogens (tertiary/aromatic N) is 5. The van der Waals surface area contributed by atoms with E-state index in [4.69, 9.17) is 16.3 Å². The molecule has 0 radical (unpaired) electrons. The monoisotopic (exact) mass is 557 g/mol. The number of aromatic nitrogens is 3. The second-order valence-corrected chi connectivity index (χ2v) is 9.00. The number of nitro benzene ring substituents is 1. The van der Waals surface area contributed by atoms with E-state index in [1.807, 2.05) is 30.3 Å². The highest BCUT2D eigenvalue weighted by atomic mass is 35.5. The number of halogens is 1. The van der Waals surface area contributed by atoms with Gasteiger partial charge in [-0.05, 0) is 42.8 Å². The zero-order valence-corrected chi connectivity index (χ0v) is 21.7. The van der Waals surface area contributed by atoms with Crippen LogP contribution in [0.25, 0.3) is 16.7 Å². The van der Waals surface area contributed by atoms with Crippen molar-refractivity contribution in [2.24, 2.45) is 4.99 Å². The van der Waals surface area contributed by atoms with E-state index in [2.05, 4.69) is 9.98 Å². The number of fused-ring (bicyclic) bond motifs is 2. The maximum atomic E-state index is 13.5. The molecule has 11 nitrogen and oxygen atoms in total. The summed E-state index contributed by atoms with van der Waals surface area (Å²) >= 11 is 5.91. The Morgan fingerprint density at radius 1 is 1.07 bits per heavy atom. The average Bonchev–Trinajstić information content (AvgIpc) is 2.95. The number of pyridine rings is 2. The number of carbonyl (C=O) groups is 2. The summed E-state index contributed by atoms with van der Waals surface area (Å²) in [6, 6.07) is 19.0. The SMILES string of the molecule is CCOC(=O)c1cc2c(=O)n3ccccc3nc2n(Cc2ccccc2)c1=NC(=O)c1ccc(Cl)c([N+](=O)[O-])c1. The number of hydrogen-bond acceptors (Lipinski definition) is 7. The average molecular weight is 558 g/mol. The number of nitro groups is 1. The largest absolute Gasteiger partial charge is 0.462 e. The van der Waals surface area contributed by atoms with Crippen LogP contribution in [0, 0.1) is 10.1 Å². The first-order valence-electron chi connectivity index (χ1n) is 12.1. The zero-order valence-electron chi connectivity index (χ0n) is 21.0. The number of benzene rings is 2. The van der Waals surface area contributed by atoms with E-state index in [0.717, 1.165) is 11.6 Å². The van der Waals surface area contributed by atoms with E-state index in [-0.39, 0.29) is 45.8 Å². The van der Waals surface area contributed by atoms with Crippen molar-refractivity contribution in [1.29, 1.82) is 0 Å². The molecule has 0 saturated heterocycles. The Labute approximate surface area is 230 Å². The van der Waals surface area contributed by atoms with E-state index in [9.17, 15) is 24.5 Å². The molecule has 0 fully saturated rings. The van der Waals surface area contributed by atoms with E-state index in [0.29, 0.717) is 5.65 Å². The van der Waals surface area contributed by atoms with Crippen LogP contribution in [-0.2, 0) is 11.3 Å². The lowest BCUT2D eigenvalue weighted by Crippen LogP contribution is -2.33. The standard InChI is InChI=1S/C28H20ClN5O6/c1-2-40-28(37)20-15-19-24(30-23-10-6-7-13-32(23)27(19)36)33(16-17-8-4-3-5-9-17)25(20)31-26(35)18-11-12-21(29)22(14-18)34(38)39/h3-15H,2,16H2,1H3. The first-order chi connectivity index (χ1) is 19.3. The van der Waals surface area contributed by atoms with E-state index in [1.165, 1.54) is 27.2 Å². The van der Waals surface area contributed by atoms with E-state index in [1.54, 1.807) is 31.3 Å². The highest BCUT2D eigenvalue weighted by Crippen LogP contribution is 2.25. The lowest BCUT2D eigenvalue weighted by molar-refractivity contribution is -0.384. The second-order valence-electron chi connectivity index (χ2n) is 8.60. The molecule has 40 heavy (non-hydrogen) atoms. The van der Waals surface area contributed by atoms with Crippen molar-refractivity contribution in [3.8, 4) is 0 Å². The number of carbonyl (C=O) groups excluding carboxylic acids is 2. The van der Waals surface area contributed by atoms with Crippen LogP contribution in [0.3, 0.4) is 0 Å². The summed E-state index contributed by atoms with van der Waals surface area (Å²) < 4.78 is 8.08. The Morgan fingerprint density at radius 3 is 2.55 bits per heavy atom. The van der Waals surface area contributed by atoms with E-state index >= 15 is 0 Å². The Morgan fingerprint density at radius 2 is 1.82 bits per heavy atom. The molecule has 2 aromatic carbocycles. The van der Waals surface area contributed by atoms with Gasteiger partial charge < -0.3 is 9.30 Å². The summed E-state index contributed by atoms with van der Waals surface area (Å²) in [6.45, 7) is 1.74. The molecule has 0 N–H and O–H groups in total. The van der Waals surface area contributed by atoms with Crippen molar-refractivity contribution in [2.45, 2.75) is 13.5 Å². The lowest BCUT2D eigenvalue weighted by atomic mass is 10.1. The molecule has 200 valence electrons. The zero-order chi connectivity index (χ0) is 28.4. The number of ether oxygens (including phenoxy) is 1. The van der Waals surface area contributed by atoms with Gasteiger partial charge in [0.15, 0.2) is 5.49 Å². The minimum atomic E-state index is -0.871. The summed E-state index contributed by atoms with van der Waals surface area (Å²) in [5.74, 6) is -1.68. The van der Waals surface area contributed by atoms with Crippen LogP contribution >= 0.6 is 11.6 Å². The molecule has 3 aromatic heterocycles. The molecule has 0 saturated carbocycles. The summed E-state index contributed by atoms with van der Waals surface area (Å²) in [5, 5.41) is 11.4. The van der Waals surface area contributed by atoms with Gasteiger partial charge in [-0.3, -0.25) is 24.1 Å². The molecule has 0 bridgehead atoms. The minimum absolute atomic E-state index is 0.0290. The van der Waals surface area contributed by atoms with Crippen molar-refractivity contribution in [2.75, 3.05) is 6.61 Å². The topological polar surface area (TPSA) is 138 Å². The van der Waals surface area contributed by atoms with Gasteiger partial charge >= 0.3 is 5.97 Å². The molecule has 0 aliphatic heterocycles. The van der Waals surface area contributed by atoms with Crippen molar-refractivity contribution in [3.63, 3.8) is 0 Å². The van der Waals surface area contributed by atoms with Crippen molar-refractivity contribution in [1.82, 2.24) is 14.0 Å². The first-order valence-corrected chi connectivity index (χ1v) is 12.4. The third-order valence-electron chi connectivity index (χ3n) is 6.07. The quantitative estimate of drug-likeness (QED) is 0.132. The maximum Gasteiger partial charge on any atom is 0.341 e. The lowest BCUT2D eigenvalue weighted by Gasteiger charge is -2.15. The molecular weight excluding hydrogens is 538 g/mol. The summed E-state index contributed by atoms with van der Waals surface area (Å²) in [4.78, 5) is 59.6. The van der Waals surface area contributed by atoms with Crippen LogP contribution < -0.4 is 11.0 Å². The van der Waals surface area contributed by atoms with Crippen molar-refractivity contribution < 1.29 is 19.2 Å². The fourth-order valence-electron chi connectivity index (χ4n) is 4.22. The van der Waals surface area contributed by atoms with Crippen LogP contribution in [0.2, 0.25) is 5.02 Å². The highest BCUT2D eigenvalue weighted by molar-refractivity contribution is 6.32. The van der Waals surface area contributed by atoms with Gasteiger partial charge in [0, 0.05) is 17.8 Å².